The van der Waals surface area contributed by atoms with Gasteiger partial charge in [0.15, 0.2) is 0 Å². The molecule has 0 heterocycles. The van der Waals surface area contributed by atoms with Gasteiger partial charge in [0.2, 0.25) is 0 Å². The molecule has 1 aliphatic carbocycles. The number of carbonyl (C=O) groups excluding carboxylic acids is 1. The predicted molar refractivity (Wildman–Crippen MR) is 69.8 cm³/mol. The van der Waals surface area contributed by atoms with Crippen LogP contribution >= 0.6 is 0 Å². The lowest BCUT2D eigenvalue weighted by molar-refractivity contribution is -0.129. The molecule has 2 rings (SSSR count). The molecule has 1 N–H and O–H groups in total. The lowest BCUT2D eigenvalue weighted by atomic mass is 9.91. The molecular formula is C15H17NO2. The highest BCUT2D eigenvalue weighted by molar-refractivity contribution is 5.94. The molecule has 1 fully saturated rings. The Morgan fingerprint density at radius 3 is 2.61 bits per heavy atom. The number of amides is 1. The fourth-order valence-corrected chi connectivity index (χ4v) is 1.97. The van der Waals surface area contributed by atoms with E-state index in [-0.39, 0.29) is 18.6 Å². The number of aliphatic hydroxyl groups excluding tert-OH is 1. The molecule has 3 nitrogen and oxygen atoms in total. The number of rotatable bonds is 3. The van der Waals surface area contributed by atoms with Crippen LogP contribution in [-0.2, 0) is 4.79 Å². The second-order valence-corrected chi connectivity index (χ2v) is 4.42. The molecule has 0 aliphatic heterocycles. The van der Waals surface area contributed by atoms with Crippen molar-refractivity contribution in [3.05, 3.63) is 35.9 Å². The molecular weight excluding hydrogens is 226 g/mol. The summed E-state index contributed by atoms with van der Waals surface area (Å²) in [6.07, 6.45) is 3.21. The molecule has 18 heavy (non-hydrogen) atoms. The molecule has 1 aliphatic rings. The van der Waals surface area contributed by atoms with E-state index in [1.165, 1.54) is 0 Å². The van der Waals surface area contributed by atoms with Crippen molar-refractivity contribution >= 4 is 5.91 Å². The van der Waals surface area contributed by atoms with Crippen LogP contribution in [0.15, 0.2) is 30.3 Å². The van der Waals surface area contributed by atoms with Crippen LogP contribution in [0.3, 0.4) is 0 Å². The first-order valence-electron chi connectivity index (χ1n) is 6.30. The molecule has 0 bridgehead atoms. The van der Waals surface area contributed by atoms with E-state index in [2.05, 4.69) is 11.8 Å². The Morgan fingerprint density at radius 1 is 1.33 bits per heavy atom. The van der Waals surface area contributed by atoms with Crippen LogP contribution in [0.4, 0.5) is 0 Å². The van der Waals surface area contributed by atoms with Crippen molar-refractivity contribution in [2.24, 2.45) is 0 Å². The summed E-state index contributed by atoms with van der Waals surface area (Å²) in [5.74, 6) is 5.34. The lowest BCUT2D eigenvalue weighted by Gasteiger charge is -2.35. The molecule has 1 aromatic rings. The maximum absolute atomic E-state index is 12.0. The minimum atomic E-state index is -0.183. The monoisotopic (exact) mass is 243 g/mol. The average Bonchev–Trinajstić information content (AvgIpc) is 2.34. The third-order valence-electron chi connectivity index (χ3n) is 3.20. The van der Waals surface area contributed by atoms with Gasteiger partial charge >= 0.3 is 0 Å². The summed E-state index contributed by atoms with van der Waals surface area (Å²) in [5, 5.41) is 9.00. The van der Waals surface area contributed by atoms with E-state index in [1.807, 2.05) is 30.3 Å². The highest BCUT2D eigenvalue weighted by Gasteiger charge is 2.27. The first-order valence-corrected chi connectivity index (χ1v) is 6.30. The van der Waals surface area contributed by atoms with Crippen molar-refractivity contribution < 1.29 is 9.90 Å². The summed E-state index contributed by atoms with van der Waals surface area (Å²) in [4.78, 5) is 13.7. The Labute approximate surface area is 107 Å². The van der Waals surface area contributed by atoms with Crippen molar-refractivity contribution in [1.29, 1.82) is 0 Å². The molecule has 0 spiro atoms. The quantitative estimate of drug-likeness (QED) is 0.815. The Kier molecular flexibility index (Phi) is 4.38. The maximum atomic E-state index is 12.0. The van der Waals surface area contributed by atoms with Gasteiger partial charge in [-0.05, 0) is 31.4 Å². The number of hydrogen-bond donors (Lipinski definition) is 1. The van der Waals surface area contributed by atoms with Gasteiger partial charge in [0.05, 0.1) is 6.61 Å². The van der Waals surface area contributed by atoms with Gasteiger partial charge < -0.3 is 10.0 Å². The van der Waals surface area contributed by atoms with Crippen molar-refractivity contribution in [3.63, 3.8) is 0 Å². The van der Waals surface area contributed by atoms with Gasteiger partial charge in [0.25, 0.3) is 5.91 Å². The summed E-state index contributed by atoms with van der Waals surface area (Å²) in [7, 11) is 0. The topological polar surface area (TPSA) is 40.5 Å². The zero-order valence-corrected chi connectivity index (χ0v) is 10.3. The zero-order valence-electron chi connectivity index (χ0n) is 10.3. The predicted octanol–water partition coefficient (Wildman–Crippen LogP) is 1.41. The van der Waals surface area contributed by atoms with E-state index in [9.17, 15) is 4.79 Å². The molecule has 0 saturated heterocycles. The fraction of sp³-hybridized carbons (Fsp3) is 0.400. The first kappa shape index (κ1) is 12.7. The van der Waals surface area contributed by atoms with Gasteiger partial charge in [-0.1, -0.05) is 24.1 Å². The number of benzene rings is 1. The summed E-state index contributed by atoms with van der Waals surface area (Å²) >= 11 is 0. The molecule has 1 amide bonds. The fourth-order valence-electron chi connectivity index (χ4n) is 1.97. The third-order valence-corrected chi connectivity index (χ3v) is 3.20. The minimum absolute atomic E-state index is 0.00471. The van der Waals surface area contributed by atoms with E-state index in [0.717, 1.165) is 24.8 Å². The van der Waals surface area contributed by atoms with Gasteiger partial charge in [-0.2, -0.15) is 0 Å². The number of aliphatic hydroxyl groups is 1. The van der Waals surface area contributed by atoms with Crippen LogP contribution in [0.25, 0.3) is 0 Å². The highest BCUT2D eigenvalue weighted by atomic mass is 16.3. The average molecular weight is 243 g/mol. The lowest BCUT2D eigenvalue weighted by Crippen LogP contribution is -2.45. The van der Waals surface area contributed by atoms with Crippen molar-refractivity contribution in [1.82, 2.24) is 4.90 Å². The second-order valence-electron chi connectivity index (χ2n) is 4.42. The largest absolute Gasteiger partial charge is 0.395 e. The van der Waals surface area contributed by atoms with Crippen LogP contribution in [0.1, 0.15) is 24.8 Å². The van der Waals surface area contributed by atoms with Crippen LogP contribution in [-0.4, -0.2) is 35.1 Å². The molecule has 3 heteroatoms. The van der Waals surface area contributed by atoms with E-state index in [1.54, 1.807) is 4.90 Å². The van der Waals surface area contributed by atoms with E-state index in [0.29, 0.717) is 6.54 Å². The second kappa shape index (κ2) is 6.23. The standard InChI is InChI=1S/C15H17NO2/c17-12-11-16(14-7-4-8-14)15(18)10-9-13-5-2-1-3-6-13/h1-3,5-6,14,17H,4,7-8,11-12H2. The van der Waals surface area contributed by atoms with E-state index in [4.69, 9.17) is 5.11 Å². The number of hydrogen-bond acceptors (Lipinski definition) is 2. The van der Waals surface area contributed by atoms with Crippen LogP contribution < -0.4 is 0 Å². The smallest absolute Gasteiger partial charge is 0.299 e. The van der Waals surface area contributed by atoms with Gasteiger partial charge in [-0.15, -0.1) is 0 Å². The normalized spacial score (nSPS) is 14.3. The van der Waals surface area contributed by atoms with Gasteiger partial charge in [-0.3, -0.25) is 4.79 Å². The molecule has 1 saturated carbocycles. The Balaban J connectivity index is 2.03. The van der Waals surface area contributed by atoms with Crippen LogP contribution in [0.2, 0.25) is 0 Å². The summed E-state index contributed by atoms with van der Waals surface area (Å²) in [5.41, 5.74) is 0.836. The molecule has 0 aromatic heterocycles. The summed E-state index contributed by atoms with van der Waals surface area (Å²) in [6, 6.07) is 9.73. The molecule has 0 radical (unpaired) electrons. The Bertz CT molecular complexity index is 454. The van der Waals surface area contributed by atoms with Crippen LogP contribution in [0.5, 0.6) is 0 Å². The maximum Gasteiger partial charge on any atom is 0.299 e. The minimum Gasteiger partial charge on any atom is -0.395 e. The van der Waals surface area contributed by atoms with Crippen molar-refractivity contribution in [2.45, 2.75) is 25.3 Å². The molecule has 0 atom stereocenters. The van der Waals surface area contributed by atoms with Gasteiger partial charge in [-0.25, -0.2) is 0 Å². The Hall–Kier alpha value is -1.79. The SMILES string of the molecule is O=C(C#Cc1ccccc1)N(CCO)C1CCC1. The molecule has 0 unspecified atom stereocenters. The summed E-state index contributed by atoms with van der Waals surface area (Å²) in [6.45, 7) is 0.377. The van der Waals surface area contributed by atoms with E-state index < -0.39 is 0 Å². The van der Waals surface area contributed by atoms with Gasteiger partial charge in [0, 0.05) is 24.1 Å². The van der Waals surface area contributed by atoms with Crippen molar-refractivity contribution in [3.8, 4) is 11.8 Å². The van der Waals surface area contributed by atoms with Crippen LogP contribution in [0, 0.1) is 11.8 Å². The van der Waals surface area contributed by atoms with E-state index >= 15 is 0 Å². The number of nitrogens with zero attached hydrogens (tertiary/aromatic N) is 1. The van der Waals surface area contributed by atoms with Crippen molar-refractivity contribution in [2.75, 3.05) is 13.2 Å². The molecule has 1 aromatic carbocycles. The molecule has 94 valence electrons. The zero-order chi connectivity index (χ0) is 12.8. The number of carbonyl (C=O) groups is 1. The van der Waals surface area contributed by atoms with Gasteiger partial charge in [0.1, 0.15) is 0 Å². The highest BCUT2D eigenvalue weighted by Crippen LogP contribution is 2.24. The first-order chi connectivity index (χ1) is 8.81. The Morgan fingerprint density at radius 2 is 2.06 bits per heavy atom. The summed E-state index contributed by atoms with van der Waals surface area (Å²) < 4.78 is 0. The third kappa shape index (κ3) is 3.12.